The molecule has 0 N–H and O–H groups in total. The van der Waals surface area contributed by atoms with Crippen molar-refractivity contribution in [2.24, 2.45) is 0 Å². The van der Waals surface area contributed by atoms with Gasteiger partial charge in [-0.3, -0.25) is 9.78 Å². The van der Waals surface area contributed by atoms with Gasteiger partial charge < -0.3 is 4.74 Å². The quantitative estimate of drug-likeness (QED) is 0.771. The highest BCUT2D eigenvalue weighted by Crippen LogP contribution is 2.18. The minimum absolute atomic E-state index is 0.202. The van der Waals surface area contributed by atoms with Crippen molar-refractivity contribution >= 4 is 22.8 Å². The average Bonchev–Trinajstić information content (AvgIpc) is 2.39. The van der Waals surface area contributed by atoms with Crippen molar-refractivity contribution in [2.45, 2.75) is 13.3 Å². The van der Waals surface area contributed by atoms with Gasteiger partial charge in [0, 0.05) is 17.8 Å². The maximum absolute atomic E-state index is 11.2. The Morgan fingerprint density at radius 1 is 1.39 bits per heavy atom. The molecule has 0 atom stereocenters. The van der Waals surface area contributed by atoms with E-state index in [0.717, 1.165) is 16.3 Å². The number of aromatic nitrogens is 1. The smallest absolute Gasteiger partial charge is 0.309 e. The normalized spacial score (nSPS) is 10.9. The monoisotopic (exact) mass is 241 g/mol. The second-order valence-electron chi connectivity index (χ2n) is 3.86. The van der Waals surface area contributed by atoms with Gasteiger partial charge in [-0.2, -0.15) is 0 Å². The third-order valence-corrected chi connectivity index (χ3v) is 2.60. The molecule has 0 spiro atoms. The largest absolute Gasteiger partial charge is 0.466 e. The summed E-state index contributed by atoms with van der Waals surface area (Å²) in [4.78, 5) is 15.3. The molecular weight excluding hydrogens is 226 g/mol. The average molecular weight is 241 g/mol. The van der Waals surface area contributed by atoms with Gasteiger partial charge in [-0.05, 0) is 23.9 Å². The first-order valence-corrected chi connectivity index (χ1v) is 5.96. The highest BCUT2D eigenvalue weighted by molar-refractivity contribution is 5.90. The minimum atomic E-state index is -0.202. The summed E-state index contributed by atoms with van der Waals surface area (Å²) < 4.78 is 4.86. The van der Waals surface area contributed by atoms with E-state index in [2.05, 4.69) is 4.98 Å². The summed E-state index contributed by atoms with van der Waals surface area (Å²) in [7, 11) is 0. The third kappa shape index (κ3) is 2.94. The summed E-state index contributed by atoms with van der Waals surface area (Å²) in [6.07, 6.45) is 7.65. The molecule has 0 amide bonds. The Morgan fingerprint density at radius 3 is 3.11 bits per heavy atom. The van der Waals surface area contributed by atoms with Gasteiger partial charge in [0.05, 0.1) is 13.0 Å². The van der Waals surface area contributed by atoms with Crippen molar-refractivity contribution in [3.63, 3.8) is 0 Å². The number of fused-ring (bicyclic) bond motifs is 1. The van der Waals surface area contributed by atoms with Crippen LogP contribution in [0.5, 0.6) is 0 Å². The molecular formula is C15H15NO2. The summed E-state index contributed by atoms with van der Waals surface area (Å²) in [6.45, 7) is 2.23. The molecule has 1 aromatic carbocycles. The lowest BCUT2D eigenvalue weighted by Crippen LogP contribution is -2.01. The molecule has 92 valence electrons. The summed E-state index contributed by atoms with van der Waals surface area (Å²) in [5, 5.41) is 2.23. The fourth-order valence-electron chi connectivity index (χ4n) is 1.78. The van der Waals surface area contributed by atoms with Crippen LogP contribution in [0.1, 0.15) is 18.9 Å². The van der Waals surface area contributed by atoms with Crippen molar-refractivity contribution in [1.82, 2.24) is 4.98 Å². The summed E-state index contributed by atoms with van der Waals surface area (Å²) in [6, 6.07) is 8.01. The van der Waals surface area contributed by atoms with Crippen LogP contribution in [-0.4, -0.2) is 17.6 Å². The Bertz CT molecular complexity index is 570. The van der Waals surface area contributed by atoms with Crippen LogP contribution in [0.3, 0.4) is 0 Å². The number of esters is 1. The van der Waals surface area contributed by atoms with Crippen LogP contribution >= 0.6 is 0 Å². The maximum atomic E-state index is 11.2. The number of hydrogen-bond acceptors (Lipinski definition) is 3. The predicted molar refractivity (Wildman–Crippen MR) is 72.0 cm³/mol. The Balaban J connectivity index is 2.16. The van der Waals surface area contributed by atoms with Gasteiger partial charge in [0.15, 0.2) is 0 Å². The van der Waals surface area contributed by atoms with Crippen LogP contribution in [0, 0.1) is 0 Å². The van der Waals surface area contributed by atoms with Crippen molar-refractivity contribution in [3.05, 3.63) is 48.3 Å². The maximum Gasteiger partial charge on any atom is 0.309 e. The van der Waals surface area contributed by atoms with E-state index in [9.17, 15) is 4.79 Å². The number of hydrogen-bond donors (Lipinski definition) is 0. The molecule has 0 bridgehead atoms. The zero-order chi connectivity index (χ0) is 12.8. The molecule has 0 aliphatic carbocycles. The topological polar surface area (TPSA) is 39.2 Å². The molecule has 3 nitrogen and oxygen atoms in total. The number of carbonyl (C=O) groups is 1. The number of benzene rings is 1. The Kier molecular flexibility index (Phi) is 4.07. The van der Waals surface area contributed by atoms with Crippen molar-refractivity contribution in [3.8, 4) is 0 Å². The molecule has 0 radical (unpaired) electrons. The number of rotatable bonds is 4. The van der Waals surface area contributed by atoms with Crippen LogP contribution in [-0.2, 0) is 9.53 Å². The van der Waals surface area contributed by atoms with E-state index >= 15 is 0 Å². The van der Waals surface area contributed by atoms with Gasteiger partial charge in [-0.1, -0.05) is 30.4 Å². The van der Waals surface area contributed by atoms with E-state index in [1.54, 1.807) is 13.1 Å². The van der Waals surface area contributed by atoms with E-state index in [1.165, 1.54) is 0 Å². The van der Waals surface area contributed by atoms with E-state index in [4.69, 9.17) is 4.74 Å². The summed E-state index contributed by atoms with van der Waals surface area (Å²) in [5.74, 6) is -0.202. The Labute approximate surface area is 106 Å². The second kappa shape index (κ2) is 5.96. The highest BCUT2D eigenvalue weighted by Gasteiger charge is 1.99. The number of ether oxygens (including phenoxy) is 1. The lowest BCUT2D eigenvalue weighted by Gasteiger charge is -2.01. The summed E-state index contributed by atoms with van der Waals surface area (Å²) >= 11 is 0. The molecule has 3 heteroatoms. The SMILES string of the molecule is CCOC(=O)CC=Cc1cccc2ccncc12. The van der Waals surface area contributed by atoms with Crippen LogP contribution in [0.2, 0.25) is 0 Å². The van der Waals surface area contributed by atoms with Gasteiger partial charge in [-0.25, -0.2) is 0 Å². The van der Waals surface area contributed by atoms with Crippen LogP contribution in [0.4, 0.5) is 0 Å². The molecule has 0 fully saturated rings. The second-order valence-corrected chi connectivity index (χ2v) is 3.86. The van der Waals surface area contributed by atoms with E-state index < -0.39 is 0 Å². The van der Waals surface area contributed by atoms with Crippen molar-refractivity contribution in [2.75, 3.05) is 6.61 Å². The molecule has 18 heavy (non-hydrogen) atoms. The molecule has 0 unspecified atom stereocenters. The first-order chi connectivity index (χ1) is 8.81. The van der Waals surface area contributed by atoms with Crippen LogP contribution in [0.15, 0.2) is 42.7 Å². The molecule has 2 aromatic rings. The zero-order valence-corrected chi connectivity index (χ0v) is 10.3. The molecule has 0 saturated heterocycles. The molecule has 0 aliphatic heterocycles. The molecule has 2 rings (SSSR count). The standard InChI is InChI=1S/C15H15NO2/c1-2-18-15(17)8-4-7-12-5-3-6-13-9-10-16-11-14(12)13/h3-7,9-11H,2,8H2,1H3. The van der Waals surface area contributed by atoms with Gasteiger partial charge in [0.2, 0.25) is 0 Å². The van der Waals surface area contributed by atoms with Crippen LogP contribution in [0.25, 0.3) is 16.8 Å². The van der Waals surface area contributed by atoms with Crippen molar-refractivity contribution in [1.29, 1.82) is 0 Å². The van der Waals surface area contributed by atoms with E-state index in [-0.39, 0.29) is 5.97 Å². The molecule has 0 aliphatic rings. The Hall–Kier alpha value is -2.16. The minimum Gasteiger partial charge on any atom is -0.466 e. The van der Waals surface area contributed by atoms with Gasteiger partial charge in [-0.15, -0.1) is 0 Å². The fourth-order valence-corrected chi connectivity index (χ4v) is 1.78. The lowest BCUT2D eigenvalue weighted by atomic mass is 10.1. The molecule has 1 heterocycles. The number of nitrogens with zero attached hydrogens (tertiary/aromatic N) is 1. The number of carbonyl (C=O) groups excluding carboxylic acids is 1. The van der Waals surface area contributed by atoms with Gasteiger partial charge in [0.1, 0.15) is 0 Å². The van der Waals surface area contributed by atoms with Crippen LogP contribution < -0.4 is 0 Å². The van der Waals surface area contributed by atoms with Gasteiger partial charge >= 0.3 is 5.97 Å². The fraction of sp³-hybridized carbons (Fsp3) is 0.200. The lowest BCUT2D eigenvalue weighted by molar-refractivity contribution is -0.142. The van der Waals surface area contributed by atoms with E-state index in [0.29, 0.717) is 13.0 Å². The predicted octanol–water partition coefficient (Wildman–Crippen LogP) is 3.20. The first kappa shape index (κ1) is 12.3. The number of pyridine rings is 1. The van der Waals surface area contributed by atoms with Crippen molar-refractivity contribution < 1.29 is 9.53 Å². The zero-order valence-electron chi connectivity index (χ0n) is 10.3. The highest BCUT2D eigenvalue weighted by atomic mass is 16.5. The van der Waals surface area contributed by atoms with E-state index in [1.807, 2.05) is 42.6 Å². The Morgan fingerprint density at radius 2 is 2.28 bits per heavy atom. The molecule has 0 saturated carbocycles. The van der Waals surface area contributed by atoms with Gasteiger partial charge in [0.25, 0.3) is 0 Å². The summed E-state index contributed by atoms with van der Waals surface area (Å²) in [5.41, 5.74) is 1.06. The first-order valence-electron chi connectivity index (χ1n) is 5.96. The third-order valence-electron chi connectivity index (χ3n) is 2.60. The molecule has 1 aromatic heterocycles.